The van der Waals surface area contributed by atoms with E-state index in [0.717, 1.165) is 5.56 Å². The third kappa shape index (κ3) is 5.94. The van der Waals surface area contributed by atoms with E-state index >= 15 is 0 Å². The first-order valence-corrected chi connectivity index (χ1v) is 9.85. The number of carboxylic acids is 1. The summed E-state index contributed by atoms with van der Waals surface area (Å²) in [4.78, 5) is 11.6. The maximum atomic E-state index is 11.6. The lowest BCUT2D eigenvalue weighted by atomic mass is 10.1. The van der Waals surface area contributed by atoms with Gasteiger partial charge in [-0.05, 0) is 59.7 Å². The summed E-state index contributed by atoms with van der Waals surface area (Å²) < 4.78 is 11.6. The lowest BCUT2D eigenvalue weighted by Crippen LogP contribution is -2.06. The zero-order valence-electron chi connectivity index (χ0n) is 14.8. The van der Waals surface area contributed by atoms with E-state index in [1.165, 1.54) is 6.07 Å². The van der Waals surface area contributed by atoms with E-state index in [1.54, 1.807) is 48.5 Å². The summed E-state index contributed by atoms with van der Waals surface area (Å²) in [5.41, 5.74) is 1.39. The van der Waals surface area contributed by atoms with Crippen molar-refractivity contribution >= 4 is 52.4 Å². The third-order valence-corrected chi connectivity index (χ3v) is 4.70. The number of rotatable bonds is 7. The second kappa shape index (κ2) is 9.59. The highest BCUT2D eigenvalue weighted by Crippen LogP contribution is 2.33. The van der Waals surface area contributed by atoms with Crippen LogP contribution in [0.4, 0.5) is 0 Å². The fraction of sp³-hybridized carbons (Fsp3) is 0.0952. The molecule has 0 heterocycles. The van der Waals surface area contributed by atoms with Crippen LogP contribution in [0.3, 0.4) is 0 Å². The van der Waals surface area contributed by atoms with Gasteiger partial charge in [0.15, 0.2) is 11.5 Å². The number of benzene rings is 3. The molecule has 29 heavy (non-hydrogen) atoms. The van der Waals surface area contributed by atoms with Crippen LogP contribution in [0.2, 0.25) is 20.1 Å². The predicted molar refractivity (Wildman–Crippen MR) is 115 cm³/mol. The van der Waals surface area contributed by atoms with Crippen LogP contribution in [-0.2, 0) is 13.2 Å². The third-order valence-electron chi connectivity index (χ3n) is 3.83. The van der Waals surface area contributed by atoms with Crippen LogP contribution >= 0.6 is 46.4 Å². The fourth-order valence-electron chi connectivity index (χ4n) is 2.65. The Morgan fingerprint density at radius 2 is 1.24 bits per heavy atom. The van der Waals surface area contributed by atoms with Crippen molar-refractivity contribution < 1.29 is 19.4 Å². The molecule has 150 valence electrons. The molecule has 0 saturated carbocycles. The molecule has 0 bridgehead atoms. The molecule has 0 atom stereocenters. The van der Waals surface area contributed by atoms with Crippen molar-refractivity contribution in [2.24, 2.45) is 0 Å². The second-order valence-corrected chi connectivity index (χ2v) is 7.82. The van der Waals surface area contributed by atoms with Gasteiger partial charge in [-0.15, -0.1) is 0 Å². The van der Waals surface area contributed by atoms with E-state index in [0.29, 0.717) is 25.7 Å². The number of halogens is 4. The maximum Gasteiger partial charge on any atom is 0.339 e. The van der Waals surface area contributed by atoms with Gasteiger partial charge in [0.05, 0.1) is 0 Å². The highest BCUT2D eigenvalue weighted by atomic mass is 35.5. The van der Waals surface area contributed by atoms with Crippen molar-refractivity contribution in [3.05, 3.63) is 91.4 Å². The van der Waals surface area contributed by atoms with E-state index < -0.39 is 5.97 Å². The first kappa shape index (κ1) is 21.6. The molecule has 0 spiro atoms. The van der Waals surface area contributed by atoms with Gasteiger partial charge in [0.2, 0.25) is 0 Å². The number of hydrogen-bond acceptors (Lipinski definition) is 3. The van der Waals surface area contributed by atoms with E-state index in [4.69, 9.17) is 55.9 Å². The normalized spacial score (nSPS) is 10.6. The topological polar surface area (TPSA) is 55.8 Å². The van der Waals surface area contributed by atoms with Crippen molar-refractivity contribution in [1.29, 1.82) is 0 Å². The second-order valence-electron chi connectivity index (χ2n) is 6.07. The number of hydrogen-bond donors (Lipinski definition) is 1. The Hall–Kier alpha value is -2.11. The fourth-order valence-corrected chi connectivity index (χ4v) is 3.79. The molecular weight excluding hydrogens is 458 g/mol. The van der Waals surface area contributed by atoms with Crippen molar-refractivity contribution in [3.8, 4) is 11.5 Å². The Labute approximate surface area is 187 Å². The molecule has 0 fully saturated rings. The van der Waals surface area contributed by atoms with Gasteiger partial charge in [-0.3, -0.25) is 0 Å². The van der Waals surface area contributed by atoms with Crippen LogP contribution in [0.5, 0.6) is 11.5 Å². The Kier molecular flexibility index (Phi) is 7.14. The summed E-state index contributed by atoms with van der Waals surface area (Å²) in [6.07, 6.45) is 0. The van der Waals surface area contributed by atoms with Crippen molar-refractivity contribution in [3.63, 3.8) is 0 Å². The smallest absolute Gasteiger partial charge is 0.339 e. The Morgan fingerprint density at radius 3 is 1.72 bits per heavy atom. The number of carbonyl (C=O) groups is 1. The molecule has 0 aliphatic rings. The average molecular weight is 472 g/mol. The van der Waals surface area contributed by atoms with Gasteiger partial charge in [-0.2, -0.15) is 0 Å². The molecule has 0 unspecified atom stereocenters. The molecule has 0 radical (unpaired) electrons. The van der Waals surface area contributed by atoms with Gasteiger partial charge < -0.3 is 14.6 Å². The lowest BCUT2D eigenvalue weighted by Gasteiger charge is -2.15. The lowest BCUT2D eigenvalue weighted by molar-refractivity contribution is 0.0690. The van der Waals surface area contributed by atoms with Crippen molar-refractivity contribution in [2.75, 3.05) is 0 Å². The number of carboxylic acid groups (broad SMARTS) is 1. The molecule has 3 aromatic carbocycles. The molecule has 0 aliphatic heterocycles. The molecule has 3 rings (SSSR count). The molecular formula is C21H14Cl4O4. The van der Waals surface area contributed by atoms with E-state index in [1.807, 2.05) is 0 Å². The van der Waals surface area contributed by atoms with Gasteiger partial charge in [-0.25, -0.2) is 4.79 Å². The highest BCUT2D eigenvalue weighted by Gasteiger charge is 2.17. The Morgan fingerprint density at radius 1 is 0.759 bits per heavy atom. The summed E-state index contributed by atoms with van der Waals surface area (Å²) in [5, 5.41) is 11.4. The summed E-state index contributed by atoms with van der Waals surface area (Å²) in [5.74, 6) is -0.765. The van der Waals surface area contributed by atoms with Crippen LogP contribution in [0.1, 0.15) is 21.5 Å². The van der Waals surface area contributed by atoms with E-state index in [2.05, 4.69) is 0 Å². The number of aromatic carboxylic acids is 1. The predicted octanol–water partition coefficient (Wildman–Crippen LogP) is 7.16. The number of ether oxygens (including phenoxy) is 2. The molecule has 8 heteroatoms. The van der Waals surface area contributed by atoms with Gasteiger partial charge in [0, 0.05) is 20.1 Å². The van der Waals surface area contributed by atoms with Crippen LogP contribution in [0, 0.1) is 0 Å². The average Bonchev–Trinajstić information content (AvgIpc) is 2.63. The first-order valence-electron chi connectivity index (χ1n) is 8.33. The Bertz CT molecular complexity index is 1010. The zero-order valence-corrected chi connectivity index (χ0v) is 17.8. The summed E-state index contributed by atoms with van der Waals surface area (Å²) in [6.45, 7) is 0.187. The number of para-hydroxylation sites is 1. The maximum absolute atomic E-state index is 11.6. The van der Waals surface area contributed by atoms with Gasteiger partial charge in [0.1, 0.15) is 18.8 Å². The van der Waals surface area contributed by atoms with E-state index in [9.17, 15) is 9.90 Å². The summed E-state index contributed by atoms with van der Waals surface area (Å²) in [6, 6.07) is 14.6. The van der Waals surface area contributed by atoms with Gasteiger partial charge in [0.25, 0.3) is 0 Å². The van der Waals surface area contributed by atoms with Crippen LogP contribution in [-0.4, -0.2) is 11.1 Å². The van der Waals surface area contributed by atoms with Gasteiger partial charge in [-0.1, -0.05) is 52.5 Å². The largest absolute Gasteiger partial charge is 0.485 e. The summed E-state index contributed by atoms with van der Waals surface area (Å²) >= 11 is 24.0. The molecule has 0 aliphatic carbocycles. The van der Waals surface area contributed by atoms with Crippen molar-refractivity contribution in [2.45, 2.75) is 13.2 Å². The van der Waals surface area contributed by atoms with Crippen molar-refractivity contribution in [1.82, 2.24) is 0 Å². The van der Waals surface area contributed by atoms with Crippen LogP contribution in [0.25, 0.3) is 0 Å². The zero-order chi connectivity index (χ0) is 21.0. The molecule has 0 amide bonds. The standard InChI is InChI=1S/C21H14Cl4O4/c22-14-4-12(5-15(23)8-14)10-28-19-3-1-2-18(21(26)27)20(19)29-11-13-6-16(24)9-17(25)7-13/h1-9H,10-11H2,(H,26,27). The minimum Gasteiger partial charge on any atom is -0.485 e. The molecule has 3 aromatic rings. The van der Waals surface area contributed by atoms with Gasteiger partial charge >= 0.3 is 5.97 Å². The minimum atomic E-state index is -1.14. The molecule has 1 N–H and O–H groups in total. The summed E-state index contributed by atoms with van der Waals surface area (Å²) in [7, 11) is 0. The minimum absolute atomic E-state index is 0.0280. The molecule has 0 saturated heterocycles. The van der Waals surface area contributed by atoms with Crippen LogP contribution in [0.15, 0.2) is 54.6 Å². The quantitative estimate of drug-likeness (QED) is 0.397. The highest BCUT2D eigenvalue weighted by molar-refractivity contribution is 6.35. The molecule has 0 aromatic heterocycles. The van der Waals surface area contributed by atoms with E-state index in [-0.39, 0.29) is 30.3 Å². The SMILES string of the molecule is O=C(O)c1cccc(OCc2cc(Cl)cc(Cl)c2)c1OCc1cc(Cl)cc(Cl)c1. The van der Waals surface area contributed by atoms with Crippen LogP contribution < -0.4 is 9.47 Å². The molecule has 4 nitrogen and oxygen atoms in total. The Balaban J connectivity index is 1.85. The first-order chi connectivity index (χ1) is 13.8. The monoisotopic (exact) mass is 470 g/mol.